The van der Waals surface area contributed by atoms with E-state index in [1.165, 1.54) is 16.0 Å². The van der Waals surface area contributed by atoms with Crippen LogP contribution in [0.3, 0.4) is 0 Å². The molecule has 0 amide bonds. The van der Waals surface area contributed by atoms with Crippen molar-refractivity contribution in [2.75, 3.05) is 19.0 Å². The zero-order chi connectivity index (χ0) is 19.2. The summed E-state index contributed by atoms with van der Waals surface area (Å²) in [5, 5.41) is 0.0802. The second kappa shape index (κ2) is 8.92. The van der Waals surface area contributed by atoms with Crippen LogP contribution in [0.15, 0.2) is 83.8 Å². The summed E-state index contributed by atoms with van der Waals surface area (Å²) in [4.78, 5) is 16.1. The predicted molar refractivity (Wildman–Crippen MR) is 116 cm³/mol. The van der Waals surface area contributed by atoms with Crippen molar-refractivity contribution in [1.29, 1.82) is 0 Å². The molecule has 0 aliphatic heterocycles. The SMILES string of the molecule is Cc1ccc(S[C@@H](CC(=O)c2ccccc2)c2ccc(N(C)C)cc2)cc1. The number of ketones is 1. The number of hydrogen-bond donors (Lipinski definition) is 0. The maximum atomic E-state index is 12.8. The van der Waals surface area contributed by atoms with E-state index < -0.39 is 0 Å². The lowest BCUT2D eigenvalue weighted by Crippen LogP contribution is -2.09. The standard InChI is InChI=1S/C24H25NOS/c1-18-9-15-22(16-10-18)27-24(17-23(26)19-7-5-4-6-8-19)20-11-13-21(14-12-20)25(2)3/h4-16,24H,17H2,1-3H3/t24-/m0/s1. The molecule has 0 unspecified atom stereocenters. The van der Waals surface area contributed by atoms with Crippen LogP contribution in [0.25, 0.3) is 0 Å². The van der Waals surface area contributed by atoms with E-state index in [0.29, 0.717) is 6.42 Å². The van der Waals surface area contributed by atoms with E-state index in [2.05, 4.69) is 60.4 Å². The Hall–Kier alpha value is -2.52. The molecule has 0 aliphatic carbocycles. The number of Topliss-reactive ketones (excluding diaryl/α,β-unsaturated/α-hetero) is 1. The highest BCUT2D eigenvalue weighted by Crippen LogP contribution is 2.39. The van der Waals surface area contributed by atoms with Gasteiger partial charge in [0.15, 0.2) is 5.78 Å². The fourth-order valence-electron chi connectivity index (χ4n) is 2.91. The number of nitrogens with zero attached hydrogens (tertiary/aromatic N) is 1. The van der Waals surface area contributed by atoms with E-state index in [1.807, 2.05) is 44.4 Å². The minimum absolute atomic E-state index is 0.0802. The number of carbonyl (C=O) groups is 1. The molecule has 3 heteroatoms. The first-order valence-electron chi connectivity index (χ1n) is 9.12. The molecule has 0 radical (unpaired) electrons. The number of rotatable bonds is 7. The summed E-state index contributed by atoms with van der Waals surface area (Å²) in [5.41, 5.74) is 4.35. The van der Waals surface area contributed by atoms with Crippen LogP contribution in [0.2, 0.25) is 0 Å². The summed E-state index contributed by atoms with van der Waals surface area (Å²) in [6, 6.07) is 26.6. The molecular weight excluding hydrogens is 350 g/mol. The number of carbonyl (C=O) groups excluding carboxylic acids is 1. The second-order valence-electron chi connectivity index (χ2n) is 6.90. The number of thioether (sulfide) groups is 1. The van der Waals surface area contributed by atoms with Gasteiger partial charge in [-0.1, -0.05) is 60.2 Å². The summed E-state index contributed by atoms with van der Waals surface area (Å²) in [6.45, 7) is 2.09. The molecule has 1 atom stereocenters. The van der Waals surface area contributed by atoms with Crippen LogP contribution in [0.1, 0.15) is 33.2 Å². The molecule has 3 aromatic rings. The molecule has 0 heterocycles. The molecule has 0 aliphatic rings. The van der Waals surface area contributed by atoms with E-state index in [9.17, 15) is 4.79 Å². The Morgan fingerprint density at radius 3 is 2.11 bits per heavy atom. The Balaban J connectivity index is 1.85. The Kier molecular flexibility index (Phi) is 6.36. The molecule has 0 saturated carbocycles. The molecule has 27 heavy (non-hydrogen) atoms. The van der Waals surface area contributed by atoms with E-state index in [-0.39, 0.29) is 11.0 Å². The van der Waals surface area contributed by atoms with Crippen molar-refractivity contribution in [3.8, 4) is 0 Å². The summed E-state index contributed by atoms with van der Waals surface area (Å²) < 4.78 is 0. The van der Waals surface area contributed by atoms with Crippen molar-refractivity contribution >= 4 is 23.2 Å². The predicted octanol–water partition coefficient (Wildman–Crippen LogP) is 6.17. The minimum atomic E-state index is 0.0802. The summed E-state index contributed by atoms with van der Waals surface area (Å²) in [6.07, 6.45) is 0.476. The molecule has 0 N–H and O–H groups in total. The van der Waals surface area contributed by atoms with Gasteiger partial charge in [0.1, 0.15) is 0 Å². The largest absolute Gasteiger partial charge is 0.378 e. The summed E-state index contributed by atoms with van der Waals surface area (Å²) in [7, 11) is 4.07. The normalized spacial score (nSPS) is 11.8. The van der Waals surface area contributed by atoms with Gasteiger partial charge in [0.2, 0.25) is 0 Å². The molecule has 138 valence electrons. The number of anilines is 1. The van der Waals surface area contributed by atoms with Gasteiger partial charge in [0, 0.05) is 41.9 Å². The van der Waals surface area contributed by atoms with Crippen molar-refractivity contribution < 1.29 is 4.79 Å². The first-order valence-corrected chi connectivity index (χ1v) is 10.00. The maximum absolute atomic E-state index is 12.8. The van der Waals surface area contributed by atoms with E-state index in [4.69, 9.17) is 0 Å². The lowest BCUT2D eigenvalue weighted by Gasteiger charge is -2.19. The Morgan fingerprint density at radius 2 is 1.52 bits per heavy atom. The van der Waals surface area contributed by atoms with Gasteiger partial charge in [-0.05, 0) is 36.8 Å². The zero-order valence-corrected chi connectivity index (χ0v) is 16.9. The molecule has 0 aromatic heterocycles. The maximum Gasteiger partial charge on any atom is 0.164 e. The molecule has 0 fully saturated rings. The molecule has 0 saturated heterocycles. The number of aryl methyl sites for hydroxylation is 1. The van der Waals surface area contributed by atoms with Gasteiger partial charge in [0.25, 0.3) is 0 Å². The fraction of sp³-hybridized carbons (Fsp3) is 0.208. The van der Waals surface area contributed by atoms with Crippen LogP contribution in [0.4, 0.5) is 5.69 Å². The monoisotopic (exact) mass is 375 g/mol. The quantitative estimate of drug-likeness (QED) is 0.364. The van der Waals surface area contributed by atoms with Gasteiger partial charge in [0.05, 0.1) is 0 Å². The topological polar surface area (TPSA) is 20.3 Å². The highest BCUT2D eigenvalue weighted by molar-refractivity contribution is 7.99. The van der Waals surface area contributed by atoms with Gasteiger partial charge in [-0.2, -0.15) is 0 Å². The highest BCUT2D eigenvalue weighted by atomic mass is 32.2. The molecule has 3 rings (SSSR count). The molecule has 3 aromatic carbocycles. The first kappa shape index (κ1) is 19.2. The van der Waals surface area contributed by atoms with Crippen molar-refractivity contribution in [3.63, 3.8) is 0 Å². The van der Waals surface area contributed by atoms with Gasteiger partial charge in [-0.3, -0.25) is 4.79 Å². The van der Waals surface area contributed by atoms with Gasteiger partial charge in [-0.15, -0.1) is 11.8 Å². The Labute approximate surface area is 166 Å². The van der Waals surface area contributed by atoms with Crippen LogP contribution in [0, 0.1) is 6.92 Å². The molecule has 0 spiro atoms. The van der Waals surface area contributed by atoms with E-state index in [1.54, 1.807) is 11.8 Å². The lowest BCUT2D eigenvalue weighted by atomic mass is 10.0. The molecule has 2 nitrogen and oxygen atoms in total. The minimum Gasteiger partial charge on any atom is -0.378 e. The smallest absolute Gasteiger partial charge is 0.164 e. The highest BCUT2D eigenvalue weighted by Gasteiger charge is 2.19. The third-order valence-corrected chi connectivity index (χ3v) is 5.81. The van der Waals surface area contributed by atoms with Crippen LogP contribution in [-0.2, 0) is 0 Å². The summed E-state index contributed by atoms with van der Waals surface area (Å²) >= 11 is 1.75. The number of hydrogen-bond acceptors (Lipinski definition) is 3. The summed E-state index contributed by atoms with van der Waals surface area (Å²) in [5.74, 6) is 0.178. The van der Waals surface area contributed by atoms with Gasteiger partial charge >= 0.3 is 0 Å². The third kappa shape index (κ3) is 5.24. The average Bonchev–Trinajstić information content (AvgIpc) is 2.70. The number of benzene rings is 3. The van der Waals surface area contributed by atoms with E-state index >= 15 is 0 Å². The van der Waals surface area contributed by atoms with Crippen LogP contribution in [0.5, 0.6) is 0 Å². The van der Waals surface area contributed by atoms with Crippen LogP contribution < -0.4 is 4.90 Å². The van der Waals surface area contributed by atoms with Crippen molar-refractivity contribution in [2.45, 2.75) is 23.5 Å². The molecular formula is C24H25NOS. The second-order valence-corrected chi connectivity index (χ2v) is 8.17. The average molecular weight is 376 g/mol. The zero-order valence-electron chi connectivity index (χ0n) is 16.1. The lowest BCUT2D eigenvalue weighted by molar-refractivity contribution is 0.0982. The fourth-order valence-corrected chi connectivity index (χ4v) is 4.06. The Morgan fingerprint density at radius 1 is 0.889 bits per heavy atom. The third-order valence-electron chi connectivity index (χ3n) is 4.55. The van der Waals surface area contributed by atoms with Crippen LogP contribution >= 0.6 is 11.8 Å². The van der Waals surface area contributed by atoms with Crippen LogP contribution in [-0.4, -0.2) is 19.9 Å². The first-order chi connectivity index (χ1) is 13.0. The van der Waals surface area contributed by atoms with Gasteiger partial charge < -0.3 is 4.90 Å². The van der Waals surface area contributed by atoms with Gasteiger partial charge in [-0.25, -0.2) is 0 Å². The van der Waals surface area contributed by atoms with Crippen molar-refractivity contribution in [3.05, 3.63) is 95.6 Å². The van der Waals surface area contributed by atoms with E-state index in [0.717, 1.165) is 11.3 Å². The Bertz CT molecular complexity index is 871. The van der Waals surface area contributed by atoms with Crippen molar-refractivity contribution in [2.24, 2.45) is 0 Å². The van der Waals surface area contributed by atoms with Crippen molar-refractivity contribution in [1.82, 2.24) is 0 Å². The molecule has 0 bridgehead atoms.